The van der Waals surface area contributed by atoms with Gasteiger partial charge in [0.1, 0.15) is 5.75 Å². The van der Waals surface area contributed by atoms with Crippen molar-refractivity contribution in [1.82, 2.24) is 0 Å². The first-order valence-electron chi connectivity index (χ1n) is 12.7. The second kappa shape index (κ2) is 8.98. The lowest BCUT2D eigenvalue weighted by Gasteiger charge is -2.35. The van der Waals surface area contributed by atoms with Crippen LogP contribution in [0.2, 0.25) is 0 Å². The summed E-state index contributed by atoms with van der Waals surface area (Å²) in [5.41, 5.74) is 6.54. The van der Waals surface area contributed by atoms with Crippen LogP contribution < -0.4 is 15.0 Å². The maximum absolute atomic E-state index is 14.0. The summed E-state index contributed by atoms with van der Waals surface area (Å²) in [7, 11) is 1.64. The number of hydrogen-bond donors (Lipinski definition) is 1. The minimum atomic E-state index is -0.509. The number of nitrogens with one attached hydrogen (secondary N) is 1. The lowest BCUT2D eigenvalue weighted by Crippen LogP contribution is -2.39. The first kappa shape index (κ1) is 22.6. The monoisotopic (exact) mass is 478 g/mol. The van der Waals surface area contributed by atoms with Crippen LogP contribution in [0.4, 0.5) is 11.4 Å². The van der Waals surface area contributed by atoms with E-state index in [9.17, 15) is 9.59 Å². The van der Waals surface area contributed by atoms with Gasteiger partial charge in [0.25, 0.3) is 0 Å². The number of ether oxygens (including phenoxy) is 1. The van der Waals surface area contributed by atoms with Crippen molar-refractivity contribution in [1.29, 1.82) is 0 Å². The Balaban J connectivity index is 1.54. The number of amides is 1. The molecule has 0 unspecified atom stereocenters. The number of ketones is 1. The van der Waals surface area contributed by atoms with Crippen LogP contribution in [0.25, 0.3) is 0 Å². The molecule has 5 heteroatoms. The smallest absolute Gasteiger partial charge is 0.231 e. The van der Waals surface area contributed by atoms with E-state index < -0.39 is 6.04 Å². The molecule has 3 aliphatic rings. The fraction of sp³-hybridized carbons (Fsp3) is 0.290. The topological polar surface area (TPSA) is 58.6 Å². The van der Waals surface area contributed by atoms with Gasteiger partial charge in [0.05, 0.1) is 24.5 Å². The van der Waals surface area contributed by atoms with Gasteiger partial charge in [-0.3, -0.25) is 14.5 Å². The molecule has 1 saturated carbocycles. The summed E-state index contributed by atoms with van der Waals surface area (Å²) in [4.78, 5) is 29.7. The molecule has 36 heavy (non-hydrogen) atoms. The number of hydrogen-bond acceptors (Lipinski definition) is 4. The minimum absolute atomic E-state index is 0.00677. The number of anilines is 2. The number of Topliss-reactive ketones (excluding diaryl/α,β-unsaturated/α-hetero) is 1. The predicted molar refractivity (Wildman–Crippen MR) is 141 cm³/mol. The third-order valence-electron chi connectivity index (χ3n) is 7.61. The van der Waals surface area contributed by atoms with Gasteiger partial charge in [0, 0.05) is 23.6 Å². The van der Waals surface area contributed by atoms with Crippen LogP contribution >= 0.6 is 0 Å². The van der Waals surface area contributed by atoms with E-state index in [-0.39, 0.29) is 23.5 Å². The van der Waals surface area contributed by atoms with E-state index in [0.29, 0.717) is 24.2 Å². The van der Waals surface area contributed by atoms with Gasteiger partial charge < -0.3 is 10.1 Å². The highest BCUT2D eigenvalue weighted by atomic mass is 16.5. The van der Waals surface area contributed by atoms with Crippen LogP contribution in [0.5, 0.6) is 5.75 Å². The van der Waals surface area contributed by atoms with Gasteiger partial charge in [-0.1, -0.05) is 54.1 Å². The fourth-order valence-electron chi connectivity index (χ4n) is 5.56. The zero-order chi connectivity index (χ0) is 24.8. The van der Waals surface area contributed by atoms with Crippen LogP contribution in [-0.2, 0) is 9.59 Å². The molecule has 0 aromatic heterocycles. The fourth-order valence-corrected chi connectivity index (χ4v) is 5.56. The summed E-state index contributed by atoms with van der Waals surface area (Å²) in [6.45, 7) is 2.07. The quantitative estimate of drug-likeness (QED) is 0.477. The Bertz CT molecular complexity index is 1370. The molecule has 3 aromatic rings. The highest BCUT2D eigenvalue weighted by molar-refractivity contribution is 6.07. The van der Waals surface area contributed by atoms with Crippen molar-refractivity contribution in [2.75, 3.05) is 17.3 Å². The van der Waals surface area contributed by atoms with Gasteiger partial charge in [0.15, 0.2) is 5.78 Å². The molecule has 2 atom stereocenters. The summed E-state index contributed by atoms with van der Waals surface area (Å²) in [6, 6.07) is 23.7. The van der Waals surface area contributed by atoms with Crippen molar-refractivity contribution in [2.45, 2.75) is 44.6 Å². The van der Waals surface area contributed by atoms with E-state index in [2.05, 4.69) is 36.5 Å². The van der Waals surface area contributed by atoms with E-state index in [1.165, 1.54) is 11.1 Å². The number of rotatable bonds is 4. The van der Waals surface area contributed by atoms with Crippen molar-refractivity contribution in [2.24, 2.45) is 5.92 Å². The van der Waals surface area contributed by atoms with Gasteiger partial charge in [-0.2, -0.15) is 0 Å². The molecule has 0 bridgehead atoms. The van der Waals surface area contributed by atoms with E-state index in [0.717, 1.165) is 35.5 Å². The molecular weight excluding hydrogens is 448 g/mol. The van der Waals surface area contributed by atoms with Gasteiger partial charge in [-0.25, -0.2) is 0 Å². The molecule has 5 nitrogen and oxygen atoms in total. The number of benzene rings is 3. The van der Waals surface area contributed by atoms with Crippen molar-refractivity contribution < 1.29 is 14.3 Å². The zero-order valence-corrected chi connectivity index (χ0v) is 20.7. The number of fused-ring (bicyclic) bond motifs is 1. The number of para-hydroxylation sites is 2. The maximum Gasteiger partial charge on any atom is 0.231 e. The normalized spacial score (nSPS) is 21.3. The Kier molecular flexibility index (Phi) is 5.63. The Hall–Kier alpha value is -3.86. The Morgan fingerprint density at radius 1 is 0.944 bits per heavy atom. The Labute approximate surface area is 211 Å². The van der Waals surface area contributed by atoms with Crippen LogP contribution in [0.15, 0.2) is 84.1 Å². The van der Waals surface area contributed by atoms with Gasteiger partial charge in [-0.05, 0) is 67.5 Å². The SMILES string of the molecule is COc1cccc([C@@H]2C3=C(C[C@@H](c4ccc(C)cc4)CC3=O)Nc3ccccc3N2C(=O)C2CC2)c1. The molecule has 1 heterocycles. The van der Waals surface area contributed by atoms with E-state index in [1.807, 2.05) is 53.4 Å². The Morgan fingerprint density at radius 2 is 1.72 bits per heavy atom. The predicted octanol–water partition coefficient (Wildman–Crippen LogP) is 6.31. The summed E-state index contributed by atoms with van der Waals surface area (Å²) in [5, 5.41) is 3.61. The van der Waals surface area contributed by atoms with Crippen molar-refractivity contribution in [3.63, 3.8) is 0 Å². The van der Waals surface area contributed by atoms with Crippen molar-refractivity contribution in [3.8, 4) is 5.75 Å². The molecule has 3 aromatic carbocycles. The third kappa shape index (κ3) is 3.98. The summed E-state index contributed by atoms with van der Waals surface area (Å²) >= 11 is 0. The number of carbonyl (C=O) groups is 2. The molecule has 1 amide bonds. The number of nitrogens with zero attached hydrogens (tertiary/aromatic N) is 1. The van der Waals surface area contributed by atoms with Gasteiger partial charge >= 0.3 is 0 Å². The summed E-state index contributed by atoms with van der Waals surface area (Å²) in [6.07, 6.45) is 2.92. The average molecular weight is 479 g/mol. The number of allylic oxidation sites excluding steroid dienone is 1. The summed E-state index contributed by atoms with van der Waals surface area (Å²) < 4.78 is 5.53. The standard InChI is InChI=1S/C31H30N2O3/c1-19-10-12-20(13-11-19)23-17-26-29(28(34)18-23)30(22-6-5-7-24(16-22)36-2)33(31(35)21-14-15-21)27-9-4-3-8-25(27)32-26/h3-13,16,21,23,30,32H,14-15,17-18H2,1-2H3/t23-,30-/m1/s1. The van der Waals surface area contributed by atoms with Crippen LogP contribution in [0.3, 0.4) is 0 Å². The molecule has 1 fully saturated rings. The van der Waals surface area contributed by atoms with Crippen molar-refractivity contribution in [3.05, 3.63) is 101 Å². The zero-order valence-electron chi connectivity index (χ0n) is 20.7. The Morgan fingerprint density at radius 3 is 2.47 bits per heavy atom. The molecule has 182 valence electrons. The minimum Gasteiger partial charge on any atom is -0.497 e. The highest BCUT2D eigenvalue weighted by Gasteiger charge is 2.45. The molecular formula is C31H30N2O3. The second-order valence-corrected chi connectivity index (χ2v) is 10.1. The molecule has 0 radical (unpaired) electrons. The largest absolute Gasteiger partial charge is 0.497 e. The van der Waals surface area contributed by atoms with Crippen molar-refractivity contribution >= 4 is 23.1 Å². The highest BCUT2D eigenvalue weighted by Crippen LogP contribution is 2.49. The third-order valence-corrected chi connectivity index (χ3v) is 7.61. The number of aryl methyl sites for hydroxylation is 1. The second-order valence-electron chi connectivity index (χ2n) is 10.1. The van der Waals surface area contributed by atoms with E-state index in [1.54, 1.807) is 7.11 Å². The number of methoxy groups -OCH3 is 1. The lowest BCUT2D eigenvalue weighted by molar-refractivity contribution is -0.120. The van der Waals surface area contributed by atoms with Gasteiger partial charge in [-0.15, -0.1) is 0 Å². The molecule has 0 saturated heterocycles. The van der Waals surface area contributed by atoms with Crippen LogP contribution in [-0.4, -0.2) is 18.8 Å². The van der Waals surface area contributed by atoms with E-state index in [4.69, 9.17) is 4.74 Å². The molecule has 6 rings (SSSR count). The van der Waals surface area contributed by atoms with Crippen LogP contribution in [0, 0.1) is 12.8 Å². The maximum atomic E-state index is 14.0. The number of carbonyl (C=O) groups excluding carboxylic acids is 2. The average Bonchev–Trinajstić information content (AvgIpc) is 3.75. The van der Waals surface area contributed by atoms with Crippen LogP contribution in [0.1, 0.15) is 54.3 Å². The molecule has 1 N–H and O–H groups in total. The first-order valence-corrected chi connectivity index (χ1v) is 12.7. The first-order chi connectivity index (χ1) is 17.5. The molecule has 0 spiro atoms. The van der Waals surface area contributed by atoms with E-state index >= 15 is 0 Å². The van der Waals surface area contributed by atoms with Gasteiger partial charge in [0.2, 0.25) is 5.91 Å². The summed E-state index contributed by atoms with van der Waals surface area (Å²) in [5.74, 6) is 0.975. The molecule has 2 aliphatic carbocycles. The molecule has 1 aliphatic heterocycles. The lowest BCUT2D eigenvalue weighted by atomic mass is 9.78.